The van der Waals surface area contributed by atoms with Crippen LogP contribution in [0.5, 0.6) is 5.75 Å². The van der Waals surface area contributed by atoms with Gasteiger partial charge in [-0.25, -0.2) is 4.79 Å². The largest absolute Gasteiger partial charge is 0.506 e. The molecule has 5 N–H and O–H groups in total. The van der Waals surface area contributed by atoms with E-state index in [2.05, 4.69) is 9.88 Å². The number of aromatic amines is 1. The normalized spacial score (nSPS) is 24.2. The Bertz CT molecular complexity index is 907. The van der Waals surface area contributed by atoms with E-state index >= 15 is 0 Å². The van der Waals surface area contributed by atoms with Crippen LogP contribution in [-0.2, 0) is 0 Å². The number of nitrogens with zero attached hydrogens (tertiary/aromatic N) is 1. The number of H-pyrrole nitrogens is 1. The van der Waals surface area contributed by atoms with Gasteiger partial charge in [-0.2, -0.15) is 0 Å². The Kier molecular flexibility index (Phi) is 3.36. The summed E-state index contributed by atoms with van der Waals surface area (Å²) in [6.07, 6.45) is 0. The lowest BCUT2D eigenvalue weighted by Gasteiger charge is -2.21. The van der Waals surface area contributed by atoms with Crippen molar-refractivity contribution in [3.63, 3.8) is 0 Å². The van der Waals surface area contributed by atoms with Crippen molar-refractivity contribution in [1.82, 2.24) is 4.98 Å². The van der Waals surface area contributed by atoms with Crippen molar-refractivity contribution < 1.29 is 15.0 Å². The number of hydrogen-bond acceptors (Lipinski definition) is 5. The number of aromatic hydroxyl groups is 1. The number of fused-ring (bicyclic) bond motifs is 1. The smallest absolute Gasteiger partial charge is 0.345 e. The lowest BCUT2D eigenvalue weighted by Crippen LogP contribution is -2.27. The van der Waals surface area contributed by atoms with Gasteiger partial charge in [0.15, 0.2) is 5.56 Å². The Hall–Kier alpha value is -2.80. The third-order valence-corrected chi connectivity index (χ3v) is 5.43. The molecule has 1 aromatic heterocycles. The monoisotopic (exact) mass is 341 g/mol. The lowest BCUT2D eigenvalue weighted by atomic mass is 10.0. The van der Waals surface area contributed by atoms with E-state index in [1.807, 2.05) is 24.3 Å². The van der Waals surface area contributed by atoms with E-state index < -0.39 is 22.8 Å². The van der Waals surface area contributed by atoms with Gasteiger partial charge in [0.2, 0.25) is 0 Å². The first-order chi connectivity index (χ1) is 11.9. The molecule has 1 saturated heterocycles. The van der Waals surface area contributed by atoms with E-state index in [0.29, 0.717) is 34.7 Å². The van der Waals surface area contributed by atoms with Gasteiger partial charge in [-0.15, -0.1) is 0 Å². The van der Waals surface area contributed by atoms with Crippen LogP contribution in [0.15, 0.2) is 29.1 Å². The molecular weight excluding hydrogens is 322 g/mol. The van der Waals surface area contributed by atoms with E-state index in [0.717, 1.165) is 18.8 Å². The molecule has 2 atom stereocenters. The summed E-state index contributed by atoms with van der Waals surface area (Å²) in [7, 11) is 0. The SMILES string of the molecule is Cc1c(-c2ccc(N3CC4C(N)C4C3)cc2)[nH]c(=O)c(C(=O)O)c1O. The fourth-order valence-electron chi connectivity index (χ4n) is 3.79. The third-order valence-electron chi connectivity index (χ3n) is 5.43. The second-order valence-corrected chi connectivity index (χ2v) is 6.84. The first kappa shape index (κ1) is 15.7. The minimum atomic E-state index is -1.45. The molecule has 25 heavy (non-hydrogen) atoms. The Morgan fingerprint density at radius 3 is 2.40 bits per heavy atom. The zero-order chi connectivity index (χ0) is 17.9. The van der Waals surface area contributed by atoms with E-state index in [4.69, 9.17) is 10.8 Å². The van der Waals surface area contributed by atoms with Gasteiger partial charge < -0.3 is 25.8 Å². The number of piperidine rings is 1. The molecule has 0 amide bonds. The fraction of sp³-hybridized carbons (Fsp3) is 0.333. The first-order valence-corrected chi connectivity index (χ1v) is 8.18. The van der Waals surface area contributed by atoms with Crippen molar-refractivity contribution in [2.24, 2.45) is 17.6 Å². The molecular formula is C18H19N3O4. The second-order valence-electron chi connectivity index (χ2n) is 6.84. The van der Waals surface area contributed by atoms with Crippen molar-refractivity contribution in [3.05, 3.63) is 45.7 Å². The van der Waals surface area contributed by atoms with Gasteiger partial charge >= 0.3 is 5.97 Å². The van der Waals surface area contributed by atoms with Crippen molar-refractivity contribution in [2.75, 3.05) is 18.0 Å². The van der Waals surface area contributed by atoms with Crippen molar-refractivity contribution >= 4 is 11.7 Å². The van der Waals surface area contributed by atoms with E-state index in [9.17, 15) is 14.7 Å². The fourth-order valence-corrected chi connectivity index (χ4v) is 3.79. The number of pyridine rings is 1. The van der Waals surface area contributed by atoms with Crippen LogP contribution in [0.2, 0.25) is 0 Å². The zero-order valence-electron chi connectivity index (χ0n) is 13.7. The average Bonchev–Trinajstić information content (AvgIpc) is 2.98. The number of anilines is 1. The Morgan fingerprint density at radius 1 is 1.24 bits per heavy atom. The quantitative estimate of drug-likeness (QED) is 0.665. The number of rotatable bonds is 3. The molecule has 2 unspecified atom stereocenters. The Morgan fingerprint density at radius 2 is 1.84 bits per heavy atom. The summed E-state index contributed by atoms with van der Waals surface area (Å²) >= 11 is 0. The molecule has 1 aliphatic heterocycles. The van der Waals surface area contributed by atoms with E-state index in [1.54, 1.807) is 6.92 Å². The number of aromatic carboxylic acids is 1. The summed E-state index contributed by atoms with van der Waals surface area (Å²) in [5.74, 6) is -0.754. The second kappa shape index (κ2) is 5.35. The van der Waals surface area contributed by atoms with Crippen LogP contribution in [0.3, 0.4) is 0 Å². The van der Waals surface area contributed by atoms with Gasteiger partial charge in [-0.05, 0) is 36.5 Å². The molecule has 2 aromatic rings. The van der Waals surface area contributed by atoms with E-state index in [1.165, 1.54) is 0 Å². The number of aromatic nitrogens is 1. The van der Waals surface area contributed by atoms with Crippen molar-refractivity contribution in [1.29, 1.82) is 0 Å². The Labute approximate surface area is 143 Å². The molecule has 1 saturated carbocycles. The molecule has 7 heteroatoms. The van der Waals surface area contributed by atoms with Gasteiger partial charge in [0, 0.05) is 30.4 Å². The molecule has 2 heterocycles. The maximum absolute atomic E-state index is 12.0. The average molecular weight is 341 g/mol. The van der Waals surface area contributed by atoms with Crippen LogP contribution in [-0.4, -0.2) is 40.3 Å². The van der Waals surface area contributed by atoms with Crippen LogP contribution in [0.25, 0.3) is 11.3 Å². The van der Waals surface area contributed by atoms with Gasteiger partial charge in [0.25, 0.3) is 5.56 Å². The van der Waals surface area contributed by atoms with Crippen LogP contribution in [0.4, 0.5) is 5.69 Å². The number of carboxylic acids is 1. The number of nitrogens with two attached hydrogens (primary N) is 1. The topological polar surface area (TPSA) is 120 Å². The molecule has 0 spiro atoms. The van der Waals surface area contributed by atoms with Crippen molar-refractivity contribution in [2.45, 2.75) is 13.0 Å². The number of hydrogen-bond donors (Lipinski definition) is 4. The molecule has 7 nitrogen and oxygen atoms in total. The predicted octanol–water partition coefficient (Wildman–Crippen LogP) is 1.15. The molecule has 2 aliphatic rings. The van der Waals surface area contributed by atoms with Crippen LogP contribution in [0.1, 0.15) is 15.9 Å². The number of benzene rings is 1. The van der Waals surface area contributed by atoms with Crippen molar-refractivity contribution in [3.8, 4) is 17.0 Å². The highest BCUT2D eigenvalue weighted by atomic mass is 16.4. The molecule has 0 bridgehead atoms. The lowest BCUT2D eigenvalue weighted by molar-refractivity contribution is 0.0691. The highest BCUT2D eigenvalue weighted by Gasteiger charge is 2.53. The molecule has 2 fully saturated rings. The van der Waals surface area contributed by atoms with Crippen LogP contribution >= 0.6 is 0 Å². The predicted molar refractivity (Wildman–Crippen MR) is 93.0 cm³/mol. The summed E-state index contributed by atoms with van der Waals surface area (Å²) in [5, 5.41) is 19.1. The Balaban J connectivity index is 1.65. The minimum Gasteiger partial charge on any atom is -0.506 e. The minimum absolute atomic E-state index is 0.332. The summed E-state index contributed by atoms with van der Waals surface area (Å²) in [5.41, 5.74) is 7.07. The maximum Gasteiger partial charge on any atom is 0.345 e. The molecule has 1 aromatic carbocycles. The maximum atomic E-state index is 12.0. The number of carbonyl (C=O) groups is 1. The summed E-state index contributed by atoms with van der Waals surface area (Å²) in [4.78, 5) is 27.9. The molecule has 1 aliphatic carbocycles. The van der Waals surface area contributed by atoms with Crippen LogP contribution in [0, 0.1) is 18.8 Å². The van der Waals surface area contributed by atoms with Gasteiger partial charge in [-0.3, -0.25) is 4.79 Å². The summed E-state index contributed by atoms with van der Waals surface area (Å²) in [6, 6.07) is 7.99. The van der Waals surface area contributed by atoms with E-state index in [-0.39, 0.29) is 0 Å². The number of nitrogens with one attached hydrogen (secondary N) is 1. The summed E-state index contributed by atoms with van der Waals surface area (Å²) in [6.45, 7) is 3.51. The first-order valence-electron chi connectivity index (χ1n) is 8.18. The van der Waals surface area contributed by atoms with Gasteiger partial charge in [0.1, 0.15) is 5.75 Å². The van der Waals surface area contributed by atoms with Gasteiger partial charge in [-0.1, -0.05) is 12.1 Å². The standard InChI is InChI=1S/C18H19N3O4/c1-8-15(20-17(23)13(16(8)22)18(24)25)9-2-4-10(5-3-9)21-6-11-12(7-21)14(11)19/h2-5,11-12,14H,6-7,19H2,1H3,(H,24,25)(H2,20,22,23). The molecule has 0 radical (unpaired) electrons. The third kappa shape index (κ3) is 2.39. The van der Waals surface area contributed by atoms with Crippen LogP contribution < -0.4 is 16.2 Å². The van der Waals surface area contributed by atoms with Gasteiger partial charge in [0.05, 0.1) is 5.69 Å². The highest BCUT2D eigenvalue weighted by Crippen LogP contribution is 2.45. The molecule has 130 valence electrons. The summed E-state index contributed by atoms with van der Waals surface area (Å²) < 4.78 is 0. The molecule has 4 rings (SSSR count). The highest BCUT2D eigenvalue weighted by molar-refractivity contribution is 5.91. The zero-order valence-corrected chi connectivity index (χ0v) is 13.7. The number of carboxylic acid groups (broad SMARTS) is 1.